The van der Waals surface area contributed by atoms with Crippen LogP contribution in [0.15, 0.2) is 18.5 Å². The van der Waals surface area contributed by atoms with E-state index in [9.17, 15) is 0 Å². The van der Waals surface area contributed by atoms with Crippen molar-refractivity contribution in [2.24, 2.45) is 7.05 Å². The maximum atomic E-state index is 5.45. The first-order valence-electron chi connectivity index (χ1n) is 10.2. The van der Waals surface area contributed by atoms with Crippen LogP contribution in [0, 0.1) is 6.92 Å². The molecular formula is C20H31N7O. The van der Waals surface area contributed by atoms with E-state index in [4.69, 9.17) is 9.72 Å². The van der Waals surface area contributed by atoms with Crippen molar-refractivity contribution in [3.63, 3.8) is 0 Å². The minimum atomic E-state index is 0.457. The Morgan fingerprint density at radius 1 is 1.25 bits per heavy atom. The molecule has 1 atom stereocenters. The van der Waals surface area contributed by atoms with Gasteiger partial charge in [-0.15, -0.1) is 0 Å². The molecule has 2 aromatic heterocycles. The van der Waals surface area contributed by atoms with Gasteiger partial charge in [-0.1, -0.05) is 0 Å². The molecule has 8 nitrogen and oxygen atoms in total. The van der Waals surface area contributed by atoms with Gasteiger partial charge >= 0.3 is 0 Å². The number of likely N-dealkylation sites (tertiary alicyclic amines) is 1. The Bertz CT molecular complexity index is 787. The van der Waals surface area contributed by atoms with E-state index in [1.54, 1.807) is 0 Å². The second kappa shape index (κ2) is 8.45. The molecule has 0 radical (unpaired) electrons. The molecule has 0 aliphatic carbocycles. The highest BCUT2D eigenvalue weighted by Gasteiger charge is 2.25. The number of hydrogen-bond donors (Lipinski definition) is 0. The molecule has 2 saturated heterocycles. The molecule has 2 aromatic rings. The van der Waals surface area contributed by atoms with Gasteiger partial charge in [-0.2, -0.15) is 10.1 Å². The Kier molecular flexibility index (Phi) is 5.77. The Balaban J connectivity index is 1.42. The van der Waals surface area contributed by atoms with Gasteiger partial charge in [-0.05, 0) is 32.4 Å². The van der Waals surface area contributed by atoms with Crippen LogP contribution in [0.25, 0.3) is 0 Å². The molecule has 0 bridgehead atoms. The summed E-state index contributed by atoms with van der Waals surface area (Å²) in [6, 6.07) is 2.48. The first-order chi connectivity index (χ1) is 13.6. The van der Waals surface area contributed by atoms with Crippen molar-refractivity contribution in [1.82, 2.24) is 24.6 Å². The standard InChI is InChI=1S/C20H31N7O/c1-16-17(13-24(2)23-16)14-26-8-4-5-18(15-26)25(3)19-6-7-21-20(22-19)27-9-11-28-12-10-27/h6-7,13,18H,4-5,8-12,14-15H2,1-3H3. The van der Waals surface area contributed by atoms with Gasteiger partial charge in [0, 0.05) is 64.3 Å². The number of aryl methyl sites for hydroxylation is 2. The van der Waals surface area contributed by atoms with Gasteiger partial charge in [0.15, 0.2) is 0 Å². The third-order valence-corrected chi connectivity index (χ3v) is 5.82. The topological polar surface area (TPSA) is 62.6 Å². The second-order valence-electron chi connectivity index (χ2n) is 7.87. The van der Waals surface area contributed by atoms with E-state index in [2.05, 4.69) is 45.0 Å². The maximum absolute atomic E-state index is 5.45. The smallest absolute Gasteiger partial charge is 0.227 e. The van der Waals surface area contributed by atoms with E-state index in [1.165, 1.54) is 18.4 Å². The van der Waals surface area contributed by atoms with E-state index in [-0.39, 0.29) is 0 Å². The molecule has 0 aromatic carbocycles. The zero-order valence-corrected chi connectivity index (χ0v) is 17.2. The SMILES string of the molecule is Cc1nn(C)cc1CN1CCCC(N(C)c2ccnc(N3CCOCC3)n2)C1. The van der Waals surface area contributed by atoms with Gasteiger partial charge in [0.1, 0.15) is 5.82 Å². The fourth-order valence-electron chi connectivity index (χ4n) is 4.17. The highest BCUT2D eigenvalue weighted by Crippen LogP contribution is 2.23. The number of anilines is 2. The van der Waals surface area contributed by atoms with Gasteiger partial charge in [0.25, 0.3) is 0 Å². The highest BCUT2D eigenvalue weighted by molar-refractivity contribution is 5.44. The molecule has 1 unspecified atom stereocenters. The number of likely N-dealkylation sites (N-methyl/N-ethyl adjacent to an activating group) is 1. The lowest BCUT2D eigenvalue weighted by molar-refractivity contribution is 0.122. The van der Waals surface area contributed by atoms with E-state index in [0.717, 1.165) is 63.4 Å². The van der Waals surface area contributed by atoms with Crippen LogP contribution in [0.5, 0.6) is 0 Å². The zero-order valence-electron chi connectivity index (χ0n) is 17.2. The van der Waals surface area contributed by atoms with Crippen LogP contribution >= 0.6 is 0 Å². The van der Waals surface area contributed by atoms with Crippen molar-refractivity contribution in [2.75, 3.05) is 56.2 Å². The molecule has 0 amide bonds. The molecule has 0 spiro atoms. The van der Waals surface area contributed by atoms with E-state index >= 15 is 0 Å². The van der Waals surface area contributed by atoms with Crippen LogP contribution in [0.4, 0.5) is 11.8 Å². The van der Waals surface area contributed by atoms with Crippen molar-refractivity contribution >= 4 is 11.8 Å². The van der Waals surface area contributed by atoms with Crippen molar-refractivity contribution in [3.8, 4) is 0 Å². The fraction of sp³-hybridized carbons (Fsp3) is 0.650. The van der Waals surface area contributed by atoms with E-state index in [0.29, 0.717) is 6.04 Å². The normalized spacial score (nSPS) is 21.1. The lowest BCUT2D eigenvalue weighted by Crippen LogP contribution is -2.46. The molecule has 2 aliphatic heterocycles. The molecule has 4 rings (SSSR count). The first-order valence-corrected chi connectivity index (χ1v) is 10.2. The molecule has 2 aliphatic rings. The number of rotatable bonds is 5. The Hall–Kier alpha value is -2.19. The number of morpholine rings is 1. The minimum Gasteiger partial charge on any atom is -0.378 e. The summed E-state index contributed by atoms with van der Waals surface area (Å²) >= 11 is 0. The first kappa shape index (κ1) is 19.1. The number of ether oxygens (including phenoxy) is 1. The van der Waals surface area contributed by atoms with Crippen LogP contribution in [0.2, 0.25) is 0 Å². The molecular weight excluding hydrogens is 354 g/mol. The van der Waals surface area contributed by atoms with Crippen molar-refractivity contribution in [1.29, 1.82) is 0 Å². The second-order valence-corrected chi connectivity index (χ2v) is 7.87. The number of nitrogens with zero attached hydrogens (tertiary/aromatic N) is 7. The lowest BCUT2D eigenvalue weighted by atomic mass is 10.0. The van der Waals surface area contributed by atoms with E-state index in [1.807, 2.05) is 24.0 Å². The molecule has 152 valence electrons. The fourth-order valence-corrected chi connectivity index (χ4v) is 4.17. The Morgan fingerprint density at radius 3 is 2.82 bits per heavy atom. The minimum absolute atomic E-state index is 0.457. The van der Waals surface area contributed by atoms with Crippen LogP contribution in [0.1, 0.15) is 24.1 Å². The molecule has 2 fully saturated rings. The number of aromatic nitrogens is 4. The monoisotopic (exact) mass is 385 g/mol. The highest BCUT2D eigenvalue weighted by atomic mass is 16.5. The molecule has 4 heterocycles. The number of hydrogen-bond acceptors (Lipinski definition) is 7. The molecule has 8 heteroatoms. The van der Waals surface area contributed by atoms with Crippen LogP contribution < -0.4 is 9.80 Å². The molecule has 0 saturated carbocycles. The maximum Gasteiger partial charge on any atom is 0.227 e. The van der Waals surface area contributed by atoms with Gasteiger partial charge < -0.3 is 14.5 Å². The average molecular weight is 386 g/mol. The van der Waals surface area contributed by atoms with Gasteiger partial charge in [0.2, 0.25) is 5.95 Å². The van der Waals surface area contributed by atoms with Gasteiger partial charge in [-0.25, -0.2) is 4.98 Å². The van der Waals surface area contributed by atoms with Gasteiger partial charge in [0.05, 0.1) is 18.9 Å². The van der Waals surface area contributed by atoms with Crippen LogP contribution in [0.3, 0.4) is 0 Å². The Labute approximate surface area is 167 Å². The number of piperidine rings is 1. The summed E-state index contributed by atoms with van der Waals surface area (Å²) in [5.74, 6) is 1.81. The summed E-state index contributed by atoms with van der Waals surface area (Å²) in [5, 5.41) is 4.48. The molecule has 28 heavy (non-hydrogen) atoms. The summed E-state index contributed by atoms with van der Waals surface area (Å²) in [7, 11) is 4.15. The van der Waals surface area contributed by atoms with Crippen molar-refractivity contribution < 1.29 is 4.74 Å². The van der Waals surface area contributed by atoms with Crippen LogP contribution in [-0.4, -0.2) is 77.1 Å². The lowest BCUT2D eigenvalue weighted by Gasteiger charge is -2.38. The summed E-state index contributed by atoms with van der Waals surface area (Å²) < 4.78 is 7.35. The Morgan fingerprint density at radius 2 is 2.07 bits per heavy atom. The van der Waals surface area contributed by atoms with Crippen molar-refractivity contribution in [3.05, 3.63) is 29.7 Å². The summed E-state index contributed by atoms with van der Waals surface area (Å²) in [4.78, 5) is 16.4. The third-order valence-electron chi connectivity index (χ3n) is 5.82. The summed E-state index contributed by atoms with van der Waals surface area (Å²) in [5.41, 5.74) is 2.45. The average Bonchev–Trinajstić information content (AvgIpc) is 3.05. The quantitative estimate of drug-likeness (QED) is 0.772. The van der Waals surface area contributed by atoms with Crippen molar-refractivity contribution in [2.45, 2.75) is 32.4 Å². The van der Waals surface area contributed by atoms with Gasteiger partial charge in [-0.3, -0.25) is 9.58 Å². The van der Waals surface area contributed by atoms with Crippen LogP contribution in [-0.2, 0) is 18.3 Å². The summed E-state index contributed by atoms with van der Waals surface area (Å²) in [6.45, 7) is 8.44. The molecule has 0 N–H and O–H groups in total. The largest absolute Gasteiger partial charge is 0.378 e. The predicted molar refractivity (Wildman–Crippen MR) is 110 cm³/mol. The predicted octanol–water partition coefficient (Wildman–Crippen LogP) is 1.46. The van der Waals surface area contributed by atoms with E-state index < -0.39 is 0 Å². The summed E-state index contributed by atoms with van der Waals surface area (Å²) in [6.07, 6.45) is 6.41. The zero-order chi connectivity index (χ0) is 19.5. The third kappa shape index (κ3) is 4.28.